The standard InChI is InChI=1S/C13H12F3NOS/c1-8(18)6-11-7-19-12(17-11)9-2-4-10(5-3-9)13(14,15)16/h2-5,7-8,18H,6H2,1H3. The van der Waals surface area contributed by atoms with Crippen molar-refractivity contribution in [1.29, 1.82) is 0 Å². The number of alkyl halides is 3. The average molecular weight is 287 g/mol. The van der Waals surface area contributed by atoms with Gasteiger partial charge in [-0.15, -0.1) is 11.3 Å². The van der Waals surface area contributed by atoms with E-state index in [4.69, 9.17) is 0 Å². The Morgan fingerprint density at radius 1 is 1.26 bits per heavy atom. The van der Waals surface area contributed by atoms with Crippen molar-refractivity contribution in [2.24, 2.45) is 0 Å². The zero-order valence-electron chi connectivity index (χ0n) is 10.1. The Hall–Kier alpha value is -1.40. The Labute approximate surface area is 112 Å². The molecule has 0 aliphatic heterocycles. The normalized spacial score (nSPS) is 13.5. The molecular weight excluding hydrogens is 275 g/mol. The van der Waals surface area contributed by atoms with E-state index in [-0.39, 0.29) is 0 Å². The van der Waals surface area contributed by atoms with Crippen LogP contribution >= 0.6 is 11.3 Å². The van der Waals surface area contributed by atoms with Crippen LogP contribution in [0.2, 0.25) is 0 Å². The molecule has 6 heteroatoms. The monoisotopic (exact) mass is 287 g/mol. The summed E-state index contributed by atoms with van der Waals surface area (Å²) in [5, 5.41) is 11.7. The van der Waals surface area contributed by atoms with Gasteiger partial charge in [-0.3, -0.25) is 0 Å². The van der Waals surface area contributed by atoms with Gasteiger partial charge in [0.15, 0.2) is 0 Å². The fourth-order valence-electron chi connectivity index (χ4n) is 1.64. The van der Waals surface area contributed by atoms with Crippen LogP contribution in [0.4, 0.5) is 13.2 Å². The van der Waals surface area contributed by atoms with Crippen molar-refractivity contribution in [2.75, 3.05) is 0 Å². The van der Waals surface area contributed by atoms with Gasteiger partial charge in [0.2, 0.25) is 0 Å². The van der Waals surface area contributed by atoms with E-state index in [0.29, 0.717) is 17.0 Å². The number of aliphatic hydroxyl groups is 1. The van der Waals surface area contributed by atoms with E-state index in [1.165, 1.54) is 23.5 Å². The highest BCUT2D eigenvalue weighted by molar-refractivity contribution is 7.13. The first-order chi connectivity index (χ1) is 8.86. The Morgan fingerprint density at radius 3 is 2.42 bits per heavy atom. The second-order valence-electron chi connectivity index (χ2n) is 4.27. The van der Waals surface area contributed by atoms with Gasteiger partial charge in [0, 0.05) is 17.4 Å². The molecule has 2 rings (SSSR count). The third-order valence-corrected chi connectivity index (χ3v) is 3.46. The lowest BCUT2D eigenvalue weighted by Gasteiger charge is -2.06. The lowest BCUT2D eigenvalue weighted by Crippen LogP contribution is -2.04. The second kappa shape index (κ2) is 5.30. The molecule has 0 aliphatic rings. The summed E-state index contributed by atoms with van der Waals surface area (Å²) in [6.45, 7) is 1.66. The van der Waals surface area contributed by atoms with Crippen molar-refractivity contribution >= 4 is 11.3 Å². The van der Waals surface area contributed by atoms with Crippen LogP contribution < -0.4 is 0 Å². The summed E-state index contributed by atoms with van der Waals surface area (Å²) in [5.74, 6) is 0. The maximum Gasteiger partial charge on any atom is 0.416 e. The number of halogens is 3. The molecule has 0 spiro atoms. The predicted molar refractivity (Wildman–Crippen MR) is 67.9 cm³/mol. The van der Waals surface area contributed by atoms with E-state index < -0.39 is 17.8 Å². The molecule has 0 amide bonds. The van der Waals surface area contributed by atoms with E-state index in [9.17, 15) is 18.3 Å². The highest BCUT2D eigenvalue weighted by Crippen LogP contribution is 2.31. The number of aromatic nitrogens is 1. The first kappa shape index (κ1) is 14.0. The Morgan fingerprint density at radius 2 is 1.89 bits per heavy atom. The molecule has 0 saturated carbocycles. The number of hydrogen-bond donors (Lipinski definition) is 1. The summed E-state index contributed by atoms with van der Waals surface area (Å²) in [5.41, 5.74) is 0.724. The molecule has 0 fully saturated rings. The van der Waals surface area contributed by atoms with E-state index in [1.54, 1.807) is 12.3 Å². The largest absolute Gasteiger partial charge is 0.416 e. The quantitative estimate of drug-likeness (QED) is 0.932. The van der Waals surface area contributed by atoms with Gasteiger partial charge in [0.1, 0.15) is 5.01 Å². The number of nitrogens with zero attached hydrogens (tertiary/aromatic N) is 1. The van der Waals surface area contributed by atoms with Gasteiger partial charge < -0.3 is 5.11 Å². The third kappa shape index (κ3) is 3.54. The fourth-order valence-corrected chi connectivity index (χ4v) is 2.48. The van der Waals surface area contributed by atoms with Crippen molar-refractivity contribution in [1.82, 2.24) is 4.98 Å². The average Bonchev–Trinajstić information content (AvgIpc) is 2.75. The first-order valence-corrected chi connectivity index (χ1v) is 6.54. The maximum absolute atomic E-state index is 12.4. The molecule has 2 nitrogen and oxygen atoms in total. The van der Waals surface area contributed by atoms with Crippen LogP contribution in [-0.4, -0.2) is 16.2 Å². The van der Waals surface area contributed by atoms with E-state index in [0.717, 1.165) is 17.8 Å². The molecule has 1 aromatic carbocycles. The molecule has 0 saturated heterocycles. The minimum absolute atomic E-state index is 0.442. The molecular formula is C13H12F3NOS. The van der Waals surface area contributed by atoms with Gasteiger partial charge in [-0.1, -0.05) is 12.1 Å². The molecule has 1 heterocycles. The van der Waals surface area contributed by atoms with Crippen molar-refractivity contribution in [3.05, 3.63) is 40.9 Å². The van der Waals surface area contributed by atoms with E-state index in [2.05, 4.69) is 4.98 Å². The smallest absolute Gasteiger partial charge is 0.393 e. The number of aliphatic hydroxyl groups excluding tert-OH is 1. The number of thiazole rings is 1. The van der Waals surface area contributed by atoms with Crippen LogP contribution in [-0.2, 0) is 12.6 Å². The van der Waals surface area contributed by atoms with Crippen LogP contribution in [0.15, 0.2) is 29.6 Å². The van der Waals surface area contributed by atoms with Crippen molar-refractivity contribution < 1.29 is 18.3 Å². The molecule has 19 heavy (non-hydrogen) atoms. The van der Waals surface area contributed by atoms with Crippen LogP contribution in [0.1, 0.15) is 18.2 Å². The van der Waals surface area contributed by atoms with Gasteiger partial charge in [-0.2, -0.15) is 13.2 Å². The SMILES string of the molecule is CC(O)Cc1csc(-c2ccc(C(F)(F)F)cc2)n1. The minimum Gasteiger partial charge on any atom is -0.393 e. The van der Waals surface area contributed by atoms with Crippen molar-refractivity contribution in [2.45, 2.75) is 25.6 Å². The second-order valence-corrected chi connectivity index (χ2v) is 5.13. The fraction of sp³-hybridized carbons (Fsp3) is 0.308. The molecule has 1 N–H and O–H groups in total. The molecule has 0 bridgehead atoms. The number of rotatable bonds is 3. The highest BCUT2D eigenvalue weighted by atomic mass is 32.1. The summed E-state index contributed by atoms with van der Waals surface area (Å²) in [6, 6.07) is 4.91. The van der Waals surface area contributed by atoms with Gasteiger partial charge in [-0.25, -0.2) is 4.98 Å². The molecule has 1 unspecified atom stereocenters. The number of benzene rings is 1. The van der Waals surface area contributed by atoms with Gasteiger partial charge in [0.05, 0.1) is 17.4 Å². The number of hydrogen-bond acceptors (Lipinski definition) is 3. The Kier molecular flexibility index (Phi) is 3.91. The summed E-state index contributed by atoms with van der Waals surface area (Å²) < 4.78 is 37.3. The predicted octanol–water partition coefficient (Wildman–Crippen LogP) is 3.75. The molecule has 0 radical (unpaired) electrons. The molecule has 102 valence electrons. The maximum atomic E-state index is 12.4. The Bertz CT molecular complexity index is 546. The van der Waals surface area contributed by atoms with Gasteiger partial charge in [0.25, 0.3) is 0 Å². The summed E-state index contributed by atoms with van der Waals surface area (Å²) in [6.07, 6.45) is -4.36. The van der Waals surface area contributed by atoms with Crippen molar-refractivity contribution in [3.63, 3.8) is 0 Å². The summed E-state index contributed by atoms with van der Waals surface area (Å²) in [7, 11) is 0. The van der Waals surface area contributed by atoms with Crippen LogP contribution in [0, 0.1) is 0 Å². The zero-order chi connectivity index (χ0) is 14.0. The lowest BCUT2D eigenvalue weighted by atomic mass is 10.1. The topological polar surface area (TPSA) is 33.1 Å². The minimum atomic E-state index is -4.32. The zero-order valence-corrected chi connectivity index (χ0v) is 10.9. The van der Waals surface area contributed by atoms with Crippen LogP contribution in [0.3, 0.4) is 0 Å². The molecule has 1 atom stereocenters. The van der Waals surface area contributed by atoms with E-state index >= 15 is 0 Å². The van der Waals surface area contributed by atoms with E-state index in [1.807, 2.05) is 0 Å². The van der Waals surface area contributed by atoms with Gasteiger partial charge in [-0.05, 0) is 19.1 Å². The molecule has 1 aromatic heterocycles. The van der Waals surface area contributed by atoms with Gasteiger partial charge >= 0.3 is 6.18 Å². The Balaban J connectivity index is 2.20. The lowest BCUT2D eigenvalue weighted by molar-refractivity contribution is -0.137. The molecule has 2 aromatic rings. The first-order valence-electron chi connectivity index (χ1n) is 5.66. The van der Waals surface area contributed by atoms with Crippen molar-refractivity contribution in [3.8, 4) is 10.6 Å². The highest BCUT2D eigenvalue weighted by Gasteiger charge is 2.30. The third-order valence-electron chi connectivity index (χ3n) is 2.52. The summed E-state index contributed by atoms with van der Waals surface area (Å²) in [4.78, 5) is 4.29. The van der Waals surface area contributed by atoms with Crippen LogP contribution in [0.25, 0.3) is 10.6 Å². The summed E-state index contributed by atoms with van der Waals surface area (Å²) >= 11 is 1.35. The van der Waals surface area contributed by atoms with Crippen LogP contribution in [0.5, 0.6) is 0 Å². The molecule has 0 aliphatic carbocycles.